The van der Waals surface area contributed by atoms with Crippen molar-refractivity contribution in [1.29, 1.82) is 0 Å². The van der Waals surface area contributed by atoms with E-state index in [1.54, 1.807) is 19.5 Å². The summed E-state index contributed by atoms with van der Waals surface area (Å²) in [5, 5.41) is 12.4. The van der Waals surface area contributed by atoms with Crippen LogP contribution in [0.5, 0.6) is 5.75 Å². The van der Waals surface area contributed by atoms with E-state index in [2.05, 4.69) is 36.4 Å². The highest BCUT2D eigenvalue weighted by Crippen LogP contribution is 2.29. The maximum absolute atomic E-state index is 12.8. The van der Waals surface area contributed by atoms with E-state index < -0.39 is 0 Å². The molecule has 0 saturated heterocycles. The van der Waals surface area contributed by atoms with E-state index in [1.807, 2.05) is 66.9 Å². The minimum absolute atomic E-state index is 0.108. The summed E-state index contributed by atoms with van der Waals surface area (Å²) in [5.74, 6) is 1.51. The second kappa shape index (κ2) is 10.2. The van der Waals surface area contributed by atoms with E-state index in [0.29, 0.717) is 11.0 Å². The maximum Gasteiger partial charge on any atom is 0.234 e. The molecule has 2 aromatic carbocycles. The lowest BCUT2D eigenvalue weighted by Gasteiger charge is -2.13. The molecule has 2 aromatic heterocycles. The number of aryl methyl sites for hydroxylation is 2. The molecule has 33 heavy (non-hydrogen) atoms. The van der Waals surface area contributed by atoms with E-state index in [0.717, 1.165) is 38.3 Å². The number of hydrogen-bond donors (Lipinski definition) is 1. The van der Waals surface area contributed by atoms with Gasteiger partial charge in [-0.25, -0.2) is 0 Å². The highest BCUT2D eigenvalue weighted by Gasteiger charge is 2.18. The number of nitrogens with zero attached hydrogens (tertiary/aromatic N) is 4. The van der Waals surface area contributed by atoms with Crippen molar-refractivity contribution in [2.45, 2.75) is 19.0 Å². The van der Waals surface area contributed by atoms with Gasteiger partial charge in [-0.05, 0) is 73.5 Å². The van der Waals surface area contributed by atoms with Crippen LogP contribution in [0.25, 0.3) is 17.1 Å². The number of methoxy groups -OCH3 is 1. The Labute approximate surface area is 204 Å². The zero-order valence-corrected chi connectivity index (χ0v) is 20.8. The fourth-order valence-corrected chi connectivity index (χ4v) is 4.87. The lowest BCUT2D eigenvalue weighted by Crippen LogP contribution is -2.16. The minimum Gasteiger partial charge on any atom is -0.497 e. The Morgan fingerprint density at radius 2 is 1.73 bits per heavy atom. The summed E-state index contributed by atoms with van der Waals surface area (Å²) in [4.78, 5) is 16.8. The van der Waals surface area contributed by atoms with Gasteiger partial charge in [-0.3, -0.25) is 14.3 Å². The van der Waals surface area contributed by atoms with Gasteiger partial charge in [0.2, 0.25) is 5.91 Å². The largest absolute Gasteiger partial charge is 0.497 e. The van der Waals surface area contributed by atoms with Gasteiger partial charge in [-0.2, -0.15) is 0 Å². The van der Waals surface area contributed by atoms with Crippen molar-refractivity contribution >= 4 is 39.3 Å². The fraction of sp³-hybridized carbons (Fsp3) is 0.167. The van der Waals surface area contributed by atoms with Gasteiger partial charge in [0.05, 0.1) is 12.9 Å². The number of halogens is 1. The van der Waals surface area contributed by atoms with Gasteiger partial charge in [0.25, 0.3) is 0 Å². The van der Waals surface area contributed by atoms with E-state index in [1.165, 1.54) is 11.8 Å². The van der Waals surface area contributed by atoms with Gasteiger partial charge < -0.3 is 10.1 Å². The summed E-state index contributed by atoms with van der Waals surface area (Å²) in [6.45, 7) is 3.95. The highest BCUT2D eigenvalue weighted by molar-refractivity contribution is 9.10. The van der Waals surface area contributed by atoms with E-state index in [-0.39, 0.29) is 11.7 Å². The predicted octanol–water partition coefficient (Wildman–Crippen LogP) is 5.45. The first-order valence-electron chi connectivity index (χ1n) is 10.2. The Hall–Kier alpha value is -3.17. The van der Waals surface area contributed by atoms with Gasteiger partial charge in [-0.15, -0.1) is 10.2 Å². The summed E-state index contributed by atoms with van der Waals surface area (Å²) >= 11 is 4.82. The van der Waals surface area contributed by atoms with Crippen molar-refractivity contribution in [3.63, 3.8) is 0 Å². The number of amides is 1. The SMILES string of the molecule is COc1ccc(-n2c(SCC(=O)Nc3c(C)cc(Br)cc3C)nnc2-c2ccncc2)cc1. The number of benzene rings is 2. The van der Waals surface area contributed by atoms with Crippen LogP contribution in [0.15, 0.2) is 70.6 Å². The third-order valence-electron chi connectivity index (χ3n) is 5.00. The molecule has 9 heteroatoms. The molecule has 0 unspecified atom stereocenters. The molecule has 0 bridgehead atoms. The molecule has 168 valence electrons. The fourth-order valence-electron chi connectivity index (χ4n) is 3.43. The Balaban J connectivity index is 1.60. The molecule has 0 aliphatic heterocycles. The number of aromatic nitrogens is 4. The molecule has 0 saturated carbocycles. The second-order valence-corrected chi connectivity index (χ2v) is 9.19. The molecule has 7 nitrogen and oxygen atoms in total. The number of pyridine rings is 1. The van der Waals surface area contributed by atoms with Crippen molar-refractivity contribution in [3.05, 3.63) is 76.5 Å². The summed E-state index contributed by atoms with van der Waals surface area (Å²) in [5.41, 5.74) is 4.59. The molecule has 0 aliphatic rings. The molecule has 2 heterocycles. The van der Waals surface area contributed by atoms with Gasteiger partial charge in [-0.1, -0.05) is 27.7 Å². The summed E-state index contributed by atoms with van der Waals surface area (Å²) in [6, 6.07) is 15.4. The summed E-state index contributed by atoms with van der Waals surface area (Å²) < 4.78 is 8.20. The second-order valence-electron chi connectivity index (χ2n) is 7.33. The predicted molar refractivity (Wildman–Crippen MR) is 134 cm³/mol. The summed E-state index contributed by atoms with van der Waals surface area (Å²) in [6.07, 6.45) is 3.43. The van der Waals surface area contributed by atoms with Crippen LogP contribution in [0.1, 0.15) is 11.1 Å². The minimum atomic E-state index is -0.108. The number of carbonyl (C=O) groups excluding carboxylic acids is 1. The van der Waals surface area contributed by atoms with Crippen LogP contribution in [-0.2, 0) is 4.79 Å². The summed E-state index contributed by atoms with van der Waals surface area (Å²) in [7, 11) is 1.63. The normalized spacial score (nSPS) is 10.8. The molecular formula is C24H22BrN5O2S. The molecular weight excluding hydrogens is 502 g/mol. The lowest BCUT2D eigenvalue weighted by atomic mass is 10.1. The van der Waals surface area contributed by atoms with Gasteiger partial charge in [0.15, 0.2) is 11.0 Å². The van der Waals surface area contributed by atoms with E-state index >= 15 is 0 Å². The quantitative estimate of drug-likeness (QED) is 0.324. The molecule has 4 aromatic rings. The molecule has 0 aliphatic carbocycles. The van der Waals surface area contributed by atoms with Gasteiger partial charge >= 0.3 is 0 Å². The number of nitrogens with one attached hydrogen (secondary N) is 1. The molecule has 0 spiro atoms. The first-order chi connectivity index (χ1) is 16.0. The Morgan fingerprint density at radius 3 is 2.36 bits per heavy atom. The molecule has 0 radical (unpaired) electrons. The first kappa shape index (κ1) is 23.0. The molecule has 4 rings (SSSR count). The third-order valence-corrected chi connectivity index (χ3v) is 6.38. The van der Waals surface area contributed by atoms with E-state index in [9.17, 15) is 4.79 Å². The zero-order chi connectivity index (χ0) is 23.4. The van der Waals surface area contributed by atoms with Gasteiger partial charge in [0, 0.05) is 33.8 Å². The maximum atomic E-state index is 12.8. The number of rotatable bonds is 7. The van der Waals surface area contributed by atoms with Crippen molar-refractivity contribution in [2.24, 2.45) is 0 Å². The van der Waals surface area contributed by atoms with Crippen LogP contribution in [0, 0.1) is 13.8 Å². The van der Waals surface area contributed by atoms with Crippen LogP contribution in [0.4, 0.5) is 5.69 Å². The third kappa shape index (κ3) is 5.26. The molecule has 1 N–H and O–H groups in total. The lowest BCUT2D eigenvalue weighted by molar-refractivity contribution is -0.113. The topological polar surface area (TPSA) is 81.9 Å². The number of ether oxygens (including phenoxy) is 1. The van der Waals surface area contributed by atoms with Crippen molar-refractivity contribution in [1.82, 2.24) is 19.7 Å². The van der Waals surface area contributed by atoms with E-state index in [4.69, 9.17) is 4.74 Å². The van der Waals surface area contributed by atoms with Crippen LogP contribution in [0.2, 0.25) is 0 Å². The van der Waals surface area contributed by atoms with Crippen molar-refractivity contribution in [2.75, 3.05) is 18.2 Å². The number of anilines is 1. The molecule has 0 fully saturated rings. The number of carbonyl (C=O) groups is 1. The highest BCUT2D eigenvalue weighted by atomic mass is 79.9. The number of hydrogen-bond acceptors (Lipinski definition) is 6. The van der Waals surface area contributed by atoms with Crippen LogP contribution in [-0.4, -0.2) is 38.5 Å². The van der Waals surface area contributed by atoms with Gasteiger partial charge in [0.1, 0.15) is 5.75 Å². The van der Waals surface area contributed by atoms with Crippen LogP contribution < -0.4 is 10.1 Å². The Morgan fingerprint density at radius 1 is 1.06 bits per heavy atom. The standard InChI is InChI=1S/C24H22BrN5O2S/c1-15-12-18(25)13-16(2)22(15)27-21(31)14-33-24-29-28-23(17-8-10-26-11-9-17)30(24)19-4-6-20(32-3)7-5-19/h4-13H,14H2,1-3H3,(H,27,31). The molecule has 1 amide bonds. The Bertz CT molecular complexity index is 1250. The van der Waals surface area contributed by atoms with Crippen molar-refractivity contribution < 1.29 is 9.53 Å². The van der Waals surface area contributed by atoms with Crippen LogP contribution >= 0.6 is 27.7 Å². The van der Waals surface area contributed by atoms with Crippen molar-refractivity contribution in [3.8, 4) is 22.8 Å². The first-order valence-corrected chi connectivity index (χ1v) is 11.9. The molecule has 0 atom stereocenters. The monoisotopic (exact) mass is 523 g/mol. The average Bonchev–Trinajstić information content (AvgIpc) is 3.24. The average molecular weight is 524 g/mol. The Kier molecular flexibility index (Phi) is 7.10. The van der Waals surface area contributed by atoms with Crippen LogP contribution in [0.3, 0.4) is 0 Å². The smallest absolute Gasteiger partial charge is 0.234 e. The number of thioether (sulfide) groups is 1. The zero-order valence-electron chi connectivity index (χ0n) is 18.4.